The Hall–Kier alpha value is -2.01. The van der Waals surface area contributed by atoms with Crippen LogP contribution in [0.1, 0.15) is 17.0 Å². The molecule has 6 heteroatoms. The van der Waals surface area contributed by atoms with E-state index in [0.29, 0.717) is 16.4 Å². The lowest BCUT2D eigenvalue weighted by Gasteiger charge is -2.10. The molecule has 1 heterocycles. The van der Waals surface area contributed by atoms with E-state index in [1.54, 1.807) is 6.07 Å². The van der Waals surface area contributed by atoms with Crippen molar-refractivity contribution < 1.29 is 4.79 Å². The molecule has 2 aromatic rings. The number of nitrogens with zero attached hydrogens (tertiary/aromatic N) is 1. The van der Waals surface area contributed by atoms with Gasteiger partial charge in [0.15, 0.2) is 0 Å². The van der Waals surface area contributed by atoms with Gasteiger partial charge in [0.25, 0.3) is 0 Å². The number of aromatic nitrogens is 2. The van der Waals surface area contributed by atoms with Gasteiger partial charge in [-0.3, -0.25) is 5.10 Å². The number of halogens is 1. The van der Waals surface area contributed by atoms with E-state index < -0.39 is 0 Å². The fourth-order valence-electron chi connectivity index (χ4n) is 1.75. The number of urea groups is 1. The van der Waals surface area contributed by atoms with Gasteiger partial charge in [-0.05, 0) is 32.4 Å². The molecule has 0 spiro atoms. The Morgan fingerprint density at radius 3 is 2.63 bits per heavy atom. The lowest BCUT2D eigenvalue weighted by Crippen LogP contribution is -2.20. The van der Waals surface area contributed by atoms with Crippen LogP contribution in [-0.2, 0) is 0 Å². The zero-order valence-electron chi connectivity index (χ0n) is 11.0. The van der Waals surface area contributed by atoms with E-state index in [1.165, 1.54) is 0 Å². The van der Waals surface area contributed by atoms with Gasteiger partial charge in [0.1, 0.15) is 0 Å². The number of hydrogen-bond donors (Lipinski definition) is 3. The van der Waals surface area contributed by atoms with Crippen molar-refractivity contribution >= 4 is 29.0 Å². The number of aromatic amines is 1. The fraction of sp³-hybridized carbons (Fsp3) is 0.231. The van der Waals surface area contributed by atoms with E-state index in [4.69, 9.17) is 11.6 Å². The summed E-state index contributed by atoms with van der Waals surface area (Å²) in [6, 6.07) is 5.13. The highest BCUT2D eigenvalue weighted by Crippen LogP contribution is 2.25. The topological polar surface area (TPSA) is 69.8 Å². The molecule has 0 aliphatic rings. The lowest BCUT2D eigenvalue weighted by atomic mass is 10.2. The predicted octanol–water partition coefficient (Wildman–Crippen LogP) is 3.63. The molecule has 0 saturated carbocycles. The minimum atomic E-state index is -0.347. The number of H-pyrrole nitrogens is 1. The average molecular weight is 279 g/mol. The summed E-state index contributed by atoms with van der Waals surface area (Å²) >= 11 is 6.12. The second kappa shape index (κ2) is 5.32. The third-order valence-corrected chi connectivity index (χ3v) is 3.31. The Morgan fingerprint density at radius 2 is 2.00 bits per heavy atom. The number of aryl methyl sites for hydroxylation is 3. The molecular weight excluding hydrogens is 264 g/mol. The summed E-state index contributed by atoms with van der Waals surface area (Å²) in [6.07, 6.45) is 0. The largest absolute Gasteiger partial charge is 0.323 e. The Morgan fingerprint density at radius 1 is 1.26 bits per heavy atom. The number of hydrogen-bond acceptors (Lipinski definition) is 2. The first-order valence-corrected chi connectivity index (χ1v) is 6.21. The van der Waals surface area contributed by atoms with Crippen molar-refractivity contribution in [2.75, 3.05) is 10.6 Å². The third-order valence-electron chi connectivity index (χ3n) is 2.81. The molecule has 0 unspecified atom stereocenters. The molecule has 0 saturated heterocycles. The SMILES string of the molecule is Cc1cccc(NC(=O)Nc2c(C)n[nH]c2C)c1Cl. The van der Waals surface area contributed by atoms with Crippen LogP contribution in [0.25, 0.3) is 0 Å². The van der Waals surface area contributed by atoms with Gasteiger partial charge < -0.3 is 10.6 Å². The van der Waals surface area contributed by atoms with Crippen molar-refractivity contribution in [2.45, 2.75) is 20.8 Å². The van der Waals surface area contributed by atoms with Gasteiger partial charge in [-0.15, -0.1) is 0 Å². The van der Waals surface area contributed by atoms with Crippen LogP contribution >= 0.6 is 11.6 Å². The van der Waals surface area contributed by atoms with Crippen LogP contribution in [-0.4, -0.2) is 16.2 Å². The molecular formula is C13H15ClN4O. The molecule has 0 aliphatic heterocycles. The molecule has 0 bridgehead atoms. The first-order valence-electron chi connectivity index (χ1n) is 5.83. The van der Waals surface area contributed by atoms with E-state index in [2.05, 4.69) is 20.8 Å². The number of benzene rings is 1. The predicted molar refractivity (Wildman–Crippen MR) is 76.9 cm³/mol. The summed E-state index contributed by atoms with van der Waals surface area (Å²) in [7, 11) is 0. The summed E-state index contributed by atoms with van der Waals surface area (Å²) in [6.45, 7) is 5.55. The molecule has 1 aromatic heterocycles. The zero-order valence-corrected chi connectivity index (χ0v) is 11.7. The molecule has 0 aliphatic carbocycles. The van der Waals surface area contributed by atoms with Gasteiger partial charge in [-0.2, -0.15) is 5.10 Å². The van der Waals surface area contributed by atoms with Gasteiger partial charge >= 0.3 is 6.03 Å². The maximum absolute atomic E-state index is 11.9. The standard InChI is InChI=1S/C13H15ClN4O/c1-7-5-4-6-10(11(7)14)15-13(19)16-12-8(2)17-18-9(12)3/h4-6H,1-3H3,(H,17,18)(H2,15,16,19). The minimum Gasteiger partial charge on any atom is -0.306 e. The summed E-state index contributed by atoms with van der Waals surface area (Å²) in [5.41, 5.74) is 3.72. The number of nitrogens with one attached hydrogen (secondary N) is 3. The van der Waals surface area contributed by atoms with Gasteiger partial charge in [0.2, 0.25) is 0 Å². The summed E-state index contributed by atoms with van der Waals surface area (Å²) in [5.74, 6) is 0. The Bertz CT molecular complexity index is 602. The number of carbonyl (C=O) groups excluding carboxylic acids is 1. The molecule has 0 radical (unpaired) electrons. The van der Waals surface area contributed by atoms with Crippen LogP contribution in [0.5, 0.6) is 0 Å². The highest BCUT2D eigenvalue weighted by molar-refractivity contribution is 6.34. The van der Waals surface area contributed by atoms with Crippen LogP contribution in [0.4, 0.5) is 16.2 Å². The van der Waals surface area contributed by atoms with Crippen molar-refractivity contribution in [2.24, 2.45) is 0 Å². The Labute approximate surface area is 116 Å². The van der Waals surface area contributed by atoms with Crippen molar-refractivity contribution in [3.8, 4) is 0 Å². The molecule has 1 aromatic carbocycles. The number of amides is 2. The van der Waals surface area contributed by atoms with Gasteiger partial charge in [-0.25, -0.2) is 4.79 Å². The van der Waals surface area contributed by atoms with Crippen molar-refractivity contribution in [1.82, 2.24) is 10.2 Å². The highest BCUT2D eigenvalue weighted by Gasteiger charge is 2.11. The molecule has 0 atom stereocenters. The van der Waals surface area contributed by atoms with Crippen LogP contribution < -0.4 is 10.6 Å². The Balaban J connectivity index is 2.12. The maximum Gasteiger partial charge on any atom is 0.323 e. The molecule has 0 fully saturated rings. The zero-order chi connectivity index (χ0) is 14.0. The van der Waals surface area contributed by atoms with Crippen LogP contribution in [0, 0.1) is 20.8 Å². The molecule has 2 amide bonds. The molecule has 3 N–H and O–H groups in total. The monoisotopic (exact) mass is 278 g/mol. The minimum absolute atomic E-state index is 0.347. The number of anilines is 2. The summed E-state index contributed by atoms with van der Waals surface area (Å²) < 4.78 is 0. The molecule has 100 valence electrons. The molecule has 19 heavy (non-hydrogen) atoms. The smallest absolute Gasteiger partial charge is 0.306 e. The lowest BCUT2D eigenvalue weighted by molar-refractivity contribution is 0.262. The second-order valence-corrected chi connectivity index (χ2v) is 4.70. The molecule has 2 rings (SSSR count). The van der Waals surface area contributed by atoms with Crippen molar-refractivity contribution in [3.63, 3.8) is 0 Å². The van der Waals surface area contributed by atoms with Crippen LogP contribution in [0.15, 0.2) is 18.2 Å². The van der Waals surface area contributed by atoms with E-state index in [9.17, 15) is 4.79 Å². The van der Waals surface area contributed by atoms with E-state index in [-0.39, 0.29) is 6.03 Å². The van der Waals surface area contributed by atoms with Gasteiger partial charge in [0.05, 0.1) is 27.8 Å². The van der Waals surface area contributed by atoms with Crippen molar-refractivity contribution in [3.05, 3.63) is 40.2 Å². The summed E-state index contributed by atoms with van der Waals surface area (Å²) in [5, 5.41) is 12.8. The van der Waals surface area contributed by atoms with Crippen LogP contribution in [0.3, 0.4) is 0 Å². The average Bonchev–Trinajstić information content (AvgIpc) is 2.67. The number of rotatable bonds is 2. The highest BCUT2D eigenvalue weighted by atomic mass is 35.5. The third kappa shape index (κ3) is 2.88. The van der Waals surface area contributed by atoms with E-state index >= 15 is 0 Å². The first-order chi connectivity index (χ1) is 8.99. The second-order valence-electron chi connectivity index (χ2n) is 4.32. The fourth-order valence-corrected chi connectivity index (χ4v) is 1.92. The normalized spacial score (nSPS) is 10.3. The first kappa shape index (κ1) is 13.4. The quantitative estimate of drug-likeness (QED) is 0.785. The van der Waals surface area contributed by atoms with Gasteiger partial charge in [-0.1, -0.05) is 23.7 Å². The maximum atomic E-state index is 11.9. The van der Waals surface area contributed by atoms with Gasteiger partial charge in [0, 0.05) is 0 Å². The van der Waals surface area contributed by atoms with Crippen molar-refractivity contribution in [1.29, 1.82) is 0 Å². The van der Waals surface area contributed by atoms with Crippen LogP contribution in [0.2, 0.25) is 5.02 Å². The number of carbonyl (C=O) groups is 1. The Kier molecular flexibility index (Phi) is 3.76. The van der Waals surface area contributed by atoms with E-state index in [0.717, 1.165) is 17.0 Å². The van der Waals surface area contributed by atoms with E-state index in [1.807, 2.05) is 32.9 Å². The molecule has 5 nitrogen and oxygen atoms in total. The summed E-state index contributed by atoms with van der Waals surface area (Å²) in [4.78, 5) is 11.9.